The van der Waals surface area contributed by atoms with Gasteiger partial charge in [0.2, 0.25) is 17.7 Å². The minimum Gasteiger partial charge on any atom is -0.497 e. The summed E-state index contributed by atoms with van der Waals surface area (Å²) in [6.07, 6.45) is 1.56. The number of nitrogens with one attached hydrogen (secondary N) is 3. The Morgan fingerprint density at radius 3 is 2.57 bits per heavy atom. The second-order valence-corrected chi connectivity index (χ2v) is 8.45. The number of benzene rings is 2. The number of ether oxygens (including phenoxy) is 2. The number of nitrogens with zero attached hydrogens (tertiary/aromatic N) is 3. The number of carbonyl (C=O) groups is 2. The molecule has 4 aromatic rings. The Labute approximate surface area is 213 Å². The number of anilines is 3. The van der Waals surface area contributed by atoms with Crippen LogP contribution in [0.15, 0.2) is 53.1 Å². The number of methoxy groups -OCH3 is 1. The molecule has 11 heteroatoms. The summed E-state index contributed by atoms with van der Waals surface area (Å²) in [7, 11) is 6.76. The van der Waals surface area contributed by atoms with E-state index in [2.05, 4.69) is 25.9 Å². The Morgan fingerprint density at radius 1 is 1.05 bits per heavy atom. The summed E-state index contributed by atoms with van der Waals surface area (Å²) in [5, 5.41) is 9.28. The van der Waals surface area contributed by atoms with E-state index in [-0.39, 0.29) is 24.3 Å². The van der Waals surface area contributed by atoms with Crippen molar-refractivity contribution < 1.29 is 23.5 Å². The Hall–Kier alpha value is -4.64. The fraction of sp³-hybridized carbons (Fsp3) is 0.231. The van der Waals surface area contributed by atoms with E-state index in [9.17, 15) is 9.59 Å². The molecule has 0 saturated heterocycles. The quantitative estimate of drug-likeness (QED) is 0.310. The lowest BCUT2D eigenvalue weighted by atomic mass is 10.1. The van der Waals surface area contributed by atoms with Gasteiger partial charge in [-0.3, -0.25) is 9.59 Å². The highest BCUT2D eigenvalue weighted by Gasteiger charge is 2.18. The van der Waals surface area contributed by atoms with Crippen molar-refractivity contribution in [2.45, 2.75) is 6.92 Å². The van der Waals surface area contributed by atoms with Crippen LogP contribution in [-0.4, -0.2) is 61.5 Å². The van der Waals surface area contributed by atoms with Gasteiger partial charge in [-0.1, -0.05) is 0 Å². The highest BCUT2D eigenvalue weighted by molar-refractivity contribution is 6.07. The minimum atomic E-state index is -0.214. The molecule has 0 unspecified atom stereocenters. The SMILES string of the molecule is CNC(=O)c1c(C)oc2cc(Oc3ccnc(Nc4cc(NC(=O)CN(C)C)cc(OC)c4)n3)ccc12. The van der Waals surface area contributed by atoms with Crippen LogP contribution in [0.3, 0.4) is 0 Å². The fourth-order valence-corrected chi connectivity index (χ4v) is 3.73. The Balaban J connectivity index is 1.52. The number of rotatable bonds is 9. The molecular weight excluding hydrogens is 476 g/mol. The molecule has 2 heterocycles. The number of aryl methyl sites for hydroxylation is 1. The summed E-state index contributed by atoms with van der Waals surface area (Å²) in [6, 6.07) is 12.1. The molecule has 0 aliphatic heterocycles. The van der Waals surface area contributed by atoms with Crippen LogP contribution >= 0.6 is 0 Å². The number of hydrogen-bond acceptors (Lipinski definition) is 9. The van der Waals surface area contributed by atoms with Crippen molar-refractivity contribution in [3.05, 3.63) is 60.0 Å². The van der Waals surface area contributed by atoms with E-state index >= 15 is 0 Å². The number of furan rings is 1. The van der Waals surface area contributed by atoms with E-state index in [4.69, 9.17) is 13.9 Å². The Kier molecular flexibility index (Phi) is 7.54. The van der Waals surface area contributed by atoms with Gasteiger partial charge < -0.3 is 34.7 Å². The first kappa shape index (κ1) is 25.5. The second-order valence-electron chi connectivity index (χ2n) is 8.45. The van der Waals surface area contributed by atoms with Gasteiger partial charge in [0.25, 0.3) is 5.91 Å². The van der Waals surface area contributed by atoms with Gasteiger partial charge in [0, 0.05) is 54.3 Å². The molecule has 0 atom stereocenters. The monoisotopic (exact) mass is 504 g/mol. The number of aromatic nitrogens is 2. The zero-order chi connectivity index (χ0) is 26.5. The van der Waals surface area contributed by atoms with Gasteiger partial charge in [0.15, 0.2) is 0 Å². The summed E-state index contributed by atoms with van der Waals surface area (Å²) in [6.45, 7) is 1.99. The van der Waals surface area contributed by atoms with Crippen molar-refractivity contribution >= 4 is 40.1 Å². The van der Waals surface area contributed by atoms with Crippen LogP contribution in [0, 0.1) is 6.92 Å². The zero-order valence-electron chi connectivity index (χ0n) is 21.2. The van der Waals surface area contributed by atoms with Crippen LogP contribution in [0.1, 0.15) is 16.1 Å². The van der Waals surface area contributed by atoms with Crippen LogP contribution in [0.25, 0.3) is 11.0 Å². The molecule has 4 rings (SSSR count). The third-order valence-electron chi connectivity index (χ3n) is 5.29. The first-order valence-corrected chi connectivity index (χ1v) is 11.4. The lowest BCUT2D eigenvalue weighted by Crippen LogP contribution is -2.27. The largest absolute Gasteiger partial charge is 0.497 e. The van der Waals surface area contributed by atoms with Crippen LogP contribution in [-0.2, 0) is 4.79 Å². The molecule has 2 aromatic heterocycles. The molecule has 0 bridgehead atoms. The highest BCUT2D eigenvalue weighted by Crippen LogP contribution is 2.31. The lowest BCUT2D eigenvalue weighted by molar-refractivity contribution is -0.116. The predicted octanol–water partition coefficient (Wildman–Crippen LogP) is 3.94. The van der Waals surface area contributed by atoms with Crippen LogP contribution in [0.5, 0.6) is 17.4 Å². The van der Waals surface area contributed by atoms with E-state index < -0.39 is 0 Å². The molecular formula is C26H28N6O5. The molecule has 11 nitrogen and oxygen atoms in total. The normalized spacial score (nSPS) is 10.9. The molecule has 2 aromatic carbocycles. The van der Waals surface area contributed by atoms with E-state index in [1.807, 2.05) is 14.1 Å². The topological polar surface area (TPSA) is 131 Å². The highest BCUT2D eigenvalue weighted by atomic mass is 16.5. The Bertz CT molecular complexity index is 1450. The molecule has 192 valence electrons. The minimum absolute atomic E-state index is 0.151. The smallest absolute Gasteiger partial charge is 0.255 e. The van der Waals surface area contributed by atoms with Gasteiger partial charge in [0.05, 0.1) is 19.2 Å². The van der Waals surface area contributed by atoms with Crippen molar-refractivity contribution in [3.8, 4) is 17.4 Å². The molecule has 0 radical (unpaired) electrons. The van der Waals surface area contributed by atoms with E-state index in [1.165, 1.54) is 0 Å². The van der Waals surface area contributed by atoms with Crippen molar-refractivity contribution in [2.24, 2.45) is 0 Å². The predicted molar refractivity (Wildman–Crippen MR) is 140 cm³/mol. The summed E-state index contributed by atoms with van der Waals surface area (Å²) in [4.78, 5) is 34.8. The van der Waals surface area contributed by atoms with Crippen LogP contribution in [0.4, 0.5) is 17.3 Å². The molecule has 37 heavy (non-hydrogen) atoms. The van der Waals surface area contributed by atoms with Gasteiger partial charge >= 0.3 is 0 Å². The maximum Gasteiger partial charge on any atom is 0.255 e. The van der Waals surface area contributed by atoms with Crippen LogP contribution in [0.2, 0.25) is 0 Å². The van der Waals surface area contributed by atoms with Crippen molar-refractivity contribution in [1.82, 2.24) is 20.2 Å². The second kappa shape index (κ2) is 11.0. The summed E-state index contributed by atoms with van der Waals surface area (Å²) in [5.41, 5.74) is 2.21. The zero-order valence-corrected chi connectivity index (χ0v) is 21.2. The molecule has 0 saturated carbocycles. The van der Waals surface area contributed by atoms with Crippen LogP contribution < -0.4 is 25.4 Å². The average molecular weight is 505 g/mol. The van der Waals surface area contributed by atoms with Gasteiger partial charge in [-0.05, 0) is 39.2 Å². The maximum absolute atomic E-state index is 12.2. The molecule has 0 aliphatic carbocycles. The van der Waals surface area contributed by atoms with Crippen molar-refractivity contribution in [3.63, 3.8) is 0 Å². The maximum atomic E-state index is 12.2. The first-order chi connectivity index (χ1) is 17.7. The third-order valence-corrected chi connectivity index (χ3v) is 5.29. The van der Waals surface area contributed by atoms with Gasteiger partial charge in [-0.2, -0.15) is 4.98 Å². The lowest BCUT2D eigenvalue weighted by Gasteiger charge is -2.13. The number of carbonyl (C=O) groups excluding carboxylic acids is 2. The number of amides is 2. The van der Waals surface area contributed by atoms with E-state index in [0.29, 0.717) is 51.0 Å². The molecule has 2 amide bonds. The number of hydrogen-bond donors (Lipinski definition) is 3. The summed E-state index contributed by atoms with van der Waals surface area (Å²) < 4.78 is 17.0. The molecule has 0 aliphatic rings. The van der Waals surface area contributed by atoms with E-state index in [1.54, 1.807) is 74.6 Å². The van der Waals surface area contributed by atoms with Crippen molar-refractivity contribution in [2.75, 3.05) is 45.4 Å². The van der Waals surface area contributed by atoms with Crippen molar-refractivity contribution in [1.29, 1.82) is 0 Å². The third kappa shape index (κ3) is 6.14. The van der Waals surface area contributed by atoms with Gasteiger partial charge in [0.1, 0.15) is 22.8 Å². The molecule has 0 spiro atoms. The number of likely N-dealkylation sites (N-methyl/N-ethyl adjacent to an activating group) is 1. The molecule has 3 N–H and O–H groups in total. The van der Waals surface area contributed by atoms with Gasteiger partial charge in [-0.15, -0.1) is 0 Å². The fourth-order valence-electron chi connectivity index (χ4n) is 3.73. The Morgan fingerprint density at radius 2 is 1.84 bits per heavy atom. The first-order valence-electron chi connectivity index (χ1n) is 11.4. The van der Waals surface area contributed by atoms with E-state index in [0.717, 1.165) is 0 Å². The van der Waals surface area contributed by atoms with Gasteiger partial charge in [-0.25, -0.2) is 4.98 Å². The molecule has 0 fully saturated rings. The standard InChI is InChI=1S/C26H28N6O5/c1-15-24(25(34)27-2)20-7-6-18(13-21(20)36-15)37-23-8-9-28-26(31-23)30-17-10-16(11-19(12-17)35-5)29-22(33)14-32(3)4/h6-13H,14H2,1-5H3,(H,27,34)(H,29,33)(H,28,30,31). The summed E-state index contributed by atoms with van der Waals surface area (Å²) in [5.74, 6) is 1.78. The summed E-state index contributed by atoms with van der Waals surface area (Å²) >= 11 is 0. The number of fused-ring (bicyclic) bond motifs is 1. The average Bonchev–Trinajstić information content (AvgIpc) is 3.17.